The lowest BCUT2D eigenvalue weighted by molar-refractivity contribution is -0.129. The highest BCUT2D eigenvalue weighted by atomic mass is 32.2. The van der Waals surface area contributed by atoms with E-state index in [1.54, 1.807) is 54.6 Å². The van der Waals surface area contributed by atoms with Crippen molar-refractivity contribution in [2.75, 3.05) is 6.54 Å². The Morgan fingerprint density at radius 3 is 1.93 bits per heavy atom. The zero-order valence-electron chi connectivity index (χ0n) is 22.4. The first-order chi connectivity index (χ1) is 19.6. The first-order valence-electron chi connectivity index (χ1n) is 12.9. The van der Waals surface area contributed by atoms with E-state index in [4.69, 9.17) is 11.1 Å². The molecule has 0 aromatic heterocycles. The molecular weight excluding hydrogens is 544 g/mol. The van der Waals surface area contributed by atoms with Crippen LogP contribution in [0.5, 0.6) is 0 Å². The summed E-state index contributed by atoms with van der Waals surface area (Å²) in [6, 6.07) is 23.5. The standard InChI is InChI=1S/C29H34N6O5S/c30-28(31)24-13-11-22(12-14-24)18-33-29(38)25(15-16-26(36)32-17-21-7-3-1-4-8-21)35-27(37)19-34-41(39,40)20-23-9-5-2-6-10-23/h1-14,25,34H,15-20H2,(H3,30,31)(H,32,36)(H,33,38)(H,35,37)/t25-/m0/s1. The number of carbonyl (C=O) groups is 3. The van der Waals surface area contributed by atoms with Gasteiger partial charge in [0.15, 0.2) is 0 Å². The van der Waals surface area contributed by atoms with Gasteiger partial charge in [-0.2, -0.15) is 0 Å². The summed E-state index contributed by atoms with van der Waals surface area (Å²) in [5.41, 5.74) is 8.24. The number of hydrogen-bond donors (Lipinski definition) is 6. The van der Waals surface area contributed by atoms with Crippen LogP contribution < -0.4 is 26.4 Å². The lowest BCUT2D eigenvalue weighted by Crippen LogP contribution is -2.49. The Balaban J connectivity index is 1.57. The molecule has 41 heavy (non-hydrogen) atoms. The third-order valence-electron chi connectivity index (χ3n) is 6.03. The first kappa shape index (κ1) is 31.0. The largest absolute Gasteiger partial charge is 0.384 e. The van der Waals surface area contributed by atoms with Gasteiger partial charge >= 0.3 is 0 Å². The maximum absolute atomic E-state index is 13.0. The number of nitrogens with two attached hydrogens (primary N) is 1. The minimum atomic E-state index is -3.80. The summed E-state index contributed by atoms with van der Waals surface area (Å²) < 4.78 is 27.1. The molecule has 216 valence electrons. The third-order valence-corrected chi connectivity index (χ3v) is 7.33. The van der Waals surface area contributed by atoms with Crippen LogP contribution in [0.15, 0.2) is 84.9 Å². The number of carbonyl (C=O) groups excluding carboxylic acids is 3. The van der Waals surface area contributed by atoms with E-state index in [1.807, 2.05) is 30.3 Å². The topological polar surface area (TPSA) is 183 Å². The van der Waals surface area contributed by atoms with E-state index < -0.39 is 34.4 Å². The van der Waals surface area contributed by atoms with Crippen LogP contribution >= 0.6 is 0 Å². The Bertz CT molecular complexity index is 1430. The molecule has 0 aliphatic carbocycles. The molecular formula is C29H34N6O5S. The highest BCUT2D eigenvalue weighted by molar-refractivity contribution is 7.88. The Labute approximate surface area is 239 Å². The number of amides is 3. The van der Waals surface area contributed by atoms with E-state index in [-0.39, 0.29) is 36.9 Å². The lowest BCUT2D eigenvalue weighted by atomic mass is 10.1. The zero-order valence-corrected chi connectivity index (χ0v) is 23.2. The molecule has 0 aliphatic rings. The van der Waals surface area contributed by atoms with Crippen molar-refractivity contribution in [3.8, 4) is 0 Å². The van der Waals surface area contributed by atoms with E-state index in [0.29, 0.717) is 17.7 Å². The molecule has 0 spiro atoms. The van der Waals surface area contributed by atoms with Gasteiger partial charge in [-0.1, -0.05) is 84.9 Å². The highest BCUT2D eigenvalue weighted by Gasteiger charge is 2.23. The van der Waals surface area contributed by atoms with Crippen LogP contribution in [0.25, 0.3) is 0 Å². The van der Waals surface area contributed by atoms with E-state index in [1.165, 1.54) is 0 Å². The van der Waals surface area contributed by atoms with Crippen molar-refractivity contribution >= 4 is 33.6 Å². The average molecular weight is 579 g/mol. The molecule has 12 heteroatoms. The van der Waals surface area contributed by atoms with Crippen LogP contribution in [-0.4, -0.2) is 44.6 Å². The second-order valence-corrected chi connectivity index (χ2v) is 11.1. The molecule has 0 heterocycles. The van der Waals surface area contributed by atoms with Crippen LogP contribution in [0, 0.1) is 5.41 Å². The Morgan fingerprint density at radius 2 is 1.32 bits per heavy atom. The summed E-state index contributed by atoms with van der Waals surface area (Å²) >= 11 is 0. The van der Waals surface area contributed by atoms with Crippen LogP contribution in [0.1, 0.15) is 35.1 Å². The fourth-order valence-corrected chi connectivity index (χ4v) is 4.89. The molecule has 0 saturated heterocycles. The quantitative estimate of drug-likeness (QED) is 0.117. The number of rotatable bonds is 15. The van der Waals surface area contributed by atoms with Crippen LogP contribution in [0.4, 0.5) is 0 Å². The Morgan fingerprint density at radius 1 is 0.756 bits per heavy atom. The fourth-order valence-electron chi connectivity index (χ4n) is 3.81. The number of nitrogens with one attached hydrogen (secondary N) is 5. The van der Waals surface area contributed by atoms with Gasteiger partial charge in [0, 0.05) is 25.1 Å². The molecule has 0 bridgehead atoms. The second kappa shape index (κ2) is 15.3. The molecule has 0 aliphatic heterocycles. The minimum Gasteiger partial charge on any atom is -0.384 e. The Kier molecular flexibility index (Phi) is 11.6. The molecule has 0 radical (unpaired) electrons. The van der Waals surface area contributed by atoms with Crippen molar-refractivity contribution in [2.45, 2.75) is 37.7 Å². The molecule has 0 unspecified atom stereocenters. The number of amidine groups is 1. The molecule has 11 nitrogen and oxygen atoms in total. The zero-order chi connectivity index (χ0) is 29.7. The molecule has 3 amide bonds. The second-order valence-electron chi connectivity index (χ2n) is 9.32. The number of benzene rings is 3. The summed E-state index contributed by atoms with van der Waals surface area (Å²) in [7, 11) is -3.80. The number of sulfonamides is 1. The summed E-state index contributed by atoms with van der Waals surface area (Å²) in [6.45, 7) is -0.110. The third kappa shape index (κ3) is 11.2. The number of hydrogen-bond acceptors (Lipinski definition) is 6. The van der Waals surface area contributed by atoms with E-state index in [0.717, 1.165) is 11.1 Å². The molecule has 0 saturated carbocycles. The van der Waals surface area contributed by atoms with Crippen LogP contribution in [-0.2, 0) is 43.2 Å². The summed E-state index contributed by atoms with van der Waals surface area (Å²) in [4.78, 5) is 38.1. The van der Waals surface area contributed by atoms with E-state index in [2.05, 4.69) is 20.7 Å². The summed E-state index contributed by atoms with van der Waals surface area (Å²) in [5, 5.41) is 15.5. The highest BCUT2D eigenvalue weighted by Crippen LogP contribution is 2.06. The smallest absolute Gasteiger partial charge is 0.242 e. The van der Waals surface area contributed by atoms with Gasteiger partial charge < -0.3 is 21.7 Å². The van der Waals surface area contributed by atoms with Crippen molar-refractivity contribution in [3.05, 3.63) is 107 Å². The van der Waals surface area contributed by atoms with Gasteiger partial charge in [0.1, 0.15) is 11.9 Å². The summed E-state index contributed by atoms with van der Waals surface area (Å²) in [5.74, 6) is -1.92. The Hall–Kier alpha value is -4.55. The van der Waals surface area contributed by atoms with Gasteiger partial charge in [-0.3, -0.25) is 19.8 Å². The van der Waals surface area contributed by atoms with Gasteiger partial charge in [0.05, 0.1) is 12.3 Å². The van der Waals surface area contributed by atoms with E-state index in [9.17, 15) is 22.8 Å². The lowest BCUT2D eigenvalue weighted by Gasteiger charge is -2.19. The molecule has 1 atom stereocenters. The first-order valence-corrected chi connectivity index (χ1v) is 14.6. The monoisotopic (exact) mass is 578 g/mol. The molecule has 3 aromatic rings. The predicted octanol–water partition coefficient (Wildman–Crippen LogP) is 1.29. The van der Waals surface area contributed by atoms with Gasteiger partial charge in [-0.05, 0) is 23.1 Å². The van der Waals surface area contributed by atoms with Gasteiger partial charge in [0.25, 0.3) is 0 Å². The maximum atomic E-state index is 13.0. The van der Waals surface area contributed by atoms with Crippen molar-refractivity contribution in [1.29, 1.82) is 5.41 Å². The van der Waals surface area contributed by atoms with Crippen LogP contribution in [0.2, 0.25) is 0 Å². The number of nitrogen functional groups attached to an aromatic ring is 1. The van der Waals surface area contributed by atoms with Crippen molar-refractivity contribution in [3.63, 3.8) is 0 Å². The van der Waals surface area contributed by atoms with E-state index >= 15 is 0 Å². The maximum Gasteiger partial charge on any atom is 0.242 e. The summed E-state index contributed by atoms with van der Waals surface area (Å²) in [6.07, 6.45) is -0.0452. The van der Waals surface area contributed by atoms with Gasteiger partial charge in [-0.25, -0.2) is 13.1 Å². The molecule has 7 N–H and O–H groups in total. The normalized spacial score (nSPS) is 11.7. The van der Waals surface area contributed by atoms with Crippen molar-refractivity contribution < 1.29 is 22.8 Å². The van der Waals surface area contributed by atoms with Crippen molar-refractivity contribution in [1.82, 2.24) is 20.7 Å². The van der Waals surface area contributed by atoms with Crippen LogP contribution in [0.3, 0.4) is 0 Å². The predicted molar refractivity (Wildman–Crippen MR) is 156 cm³/mol. The van der Waals surface area contributed by atoms with Gasteiger partial charge in [0.2, 0.25) is 27.7 Å². The van der Waals surface area contributed by atoms with Crippen molar-refractivity contribution in [2.24, 2.45) is 5.73 Å². The molecule has 3 aromatic carbocycles. The fraction of sp³-hybridized carbons (Fsp3) is 0.241. The minimum absolute atomic E-state index is 0.00175. The van der Waals surface area contributed by atoms with Gasteiger partial charge in [-0.15, -0.1) is 0 Å². The average Bonchev–Trinajstić information content (AvgIpc) is 2.97. The molecule has 0 fully saturated rings. The SMILES string of the molecule is N=C(N)c1ccc(CNC(=O)[C@H](CCC(=O)NCc2ccccc2)NC(=O)CNS(=O)(=O)Cc2ccccc2)cc1. The molecule has 3 rings (SSSR count).